The smallest absolute Gasteiger partial charge is 0.0231 e. The monoisotopic (exact) mass is 270 g/mol. The number of halogens is 1. The second-order valence-corrected chi connectivity index (χ2v) is 5.05. The summed E-state index contributed by atoms with van der Waals surface area (Å²) in [5.41, 5.74) is 7.05. The summed E-state index contributed by atoms with van der Waals surface area (Å²) in [5.74, 6) is 0. The number of hydrogen-bond donors (Lipinski definition) is 1. The zero-order chi connectivity index (χ0) is 11.3. The third-order valence-corrected chi connectivity index (χ3v) is 2.80. The second kappa shape index (κ2) is 6.26. The molecular formula is C12H19BrN2. The van der Waals surface area contributed by atoms with Gasteiger partial charge in [0.25, 0.3) is 0 Å². The fraction of sp³-hybridized carbons (Fsp3) is 0.500. The van der Waals surface area contributed by atoms with Gasteiger partial charge in [-0.1, -0.05) is 28.1 Å². The Bertz CT molecular complexity index is 299. The zero-order valence-corrected chi connectivity index (χ0v) is 11.0. The van der Waals surface area contributed by atoms with E-state index in [-0.39, 0.29) is 6.04 Å². The Morgan fingerprint density at radius 3 is 2.80 bits per heavy atom. The standard InChI is InChI=1S/C12H19BrN2/c1-10(14)6-7-15(2)9-11-4-3-5-12(13)8-11/h3-5,8,10H,6-7,9,14H2,1-2H3. The number of hydrogen-bond acceptors (Lipinski definition) is 2. The van der Waals surface area contributed by atoms with Gasteiger partial charge in [-0.15, -0.1) is 0 Å². The summed E-state index contributed by atoms with van der Waals surface area (Å²) in [6, 6.07) is 8.70. The molecule has 1 unspecified atom stereocenters. The molecule has 0 bridgehead atoms. The van der Waals surface area contributed by atoms with Crippen molar-refractivity contribution in [2.75, 3.05) is 13.6 Å². The maximum absolute atomic E-state index is 5.72. The third-order valence-electron chi connectivity index (χ3n) is 2.31. The predicted molar refractivity (Wildman–Crippen MR) is 68.7 cm³/mol. The fourth-order valence-electron chi connectivity index (χ4n) is 1.45. The van der Waals surface area contributed by atoms with Gasteiger partial charge in [0.1, 0.15) is 0 Å². The van der Waals surface area contributed by atoms with Crippen molar-refractivity contribution >= 4 is 15.9 Å². The summed E-state index contributed by atoms with van der Waals surface area (Å²) >= 11 is 3.48. The van der Waals surface area contributed by atoms with Crippen LogP contribution in [0, 0.1) is 0 Å². The molecule has 2 nitrogen and oxygen atoms in total. The normalized spacial score (nSPS) is 13.1. The van der Waals surface area contributed by atoms with Crippen molar-refractivity contribution in [3.05, 3.63) is 34.3 Å². The molecule has 84 valence electrons. The van der Waals surface area contributed by atoms with Crippen LogP contribution in [0.5, 0.6) is 0 Å². The molecular weight excluding hydrogens is 252 g/mol. The molecule has 1 aromatic carbocycles. The summed E-state index contributed by atoms with van der Waals surface area (Å²) in [5, 5.41) is 0. The lowest BCUT2D eigenvalue weighted by Crippen LogP contribution is -2.25. The van der Waals surface area contributed by atoms with Crippen molar-refractivity contribution in [3.8, 4) is 0 Å². The quantitative estimate of drug-likeness (QED) is 0.892. The third kappa shape index (κ3) is 5.30. The Morgan fingerprint density at radius 1 is 1.47 bits per heavy atom. The summed E-state index contributed by atoms with van der Waals surface area (Å²) in [6.07, 6.45) is 1.05. The van der Waals surface area contributed by atoms with Gasteiger partial charge < -0.3 is 10.6 Å². The largest absolute Gasteiger partial charge is 0.328 e. The lowest BCUT2D eigenvalue weighted by Gasteiger charge is -2.17. The Balaban J connectivity index is 2.40. The van der Waals surface area contributed by atoms with Gasteiger partial charge in [0.15, 0.2) is 0 Å². The highest BCUT2D eigenvalue weighted by Gasteiger charge is 2.02. The van der Waals surface area contributed by atoms with Crippen molar-refractivity contribution in [2.24, 2.45) is 5.73 Å². The maximum atomic E-state index is 5.72. The first-order valence-corrected chi connectivity index (χ1v) is 6.06. The van der Waals surface area contributed by atoms with Gasteiger partial charge in [0.05, 0.1) is 0 Å². The van der Waals surface area contributed by atoms with Crippen LogP contribution >= 0.6 is 15.9 Å². The molecule has 0 amide bonds. The highest BCUT2D eigenvalue weighted by Crippen LogP contribution is 2.13. The molecule has 1 aromatic rings. The number of rotatable bonds is 5. The summed E-state index contributed by atoms with van der Waals surface area (Å²) in [4.78, 5) is 2.30. The highest BCUT2D eigenvalue weighted by molar-refractivity contribution is 9.10. The van der Waals surface area contributed by atoms with Crippen LogP contribution in [-0.2, 0) is 6.54 Å². The maximum Gasteiger partial charge on any atom is 0.0231 e. The van der Waals surface area contributed by atoms with Gasteiger partial charge in [-0.05, 0) is 44.6 Å². The van der Waals surface area contributed by atoms with Crippen molar-refractivity contribution in [2.45, 2.75) is 25.9 Å². The van der Waals surface area contributed by atoms with Crippen LogP contribution in [0.4, 0.5) is 0 Å². The summed E-state index contributed by atoms with van der Waals surface area (Å²) in [6.45, 7) is 4.07. The van der Waals surface area contributed by atoms with E-state index < -0.39 is 0 Å². The van der Waals surface area contributed by atoms with Crippen molar-refractivity contribution in [1.82, 2.24) is 4.90 Å². The Labute approximate surface area is 101 Å². The molecule has 0 fully saturated rings. The van der Waals surface area contributed by atoms with E-state index >= 15 is 0 Å². The molecule has 0 aromatic heterocycles. The van der Waals surface area contributed by atoms with Crippen LogP contribution < -0.4 is 5.73 Å². The van der Waals surface area contributed by atoms with Gasteiger partial charge in [0, 0.05) is 17.1 Å². The topological polar surface area (TPSA) is 29.3 Å². The molecule has 15 heavy (non-hydrogen) atoms. The molecule has 0 aliphatic carbocycles. The predicted octanol–water partition coefficient (Wildman–Crippen LogP) is 2.62. The molecule has 0 aliphatic heterocycles. The number of nitrogens with zero attached hydrogens (tertiary/aromatic N) is 1. The lowest BCUT2D eigenvalue weighted by molar-refractivity contribution is 0.313. The van der Waals surface area contributed by atoms with E-state index in [2.05, 4.69) is 46.1 Å². The summed E-state index contributed by atoms with van der Waals surface area (Å²) in [7, 11) is 2.13. The van der Waals surface area contributed by atoms with Crippen molar-refractivity contribution in [3.63, 3.8) is 0 Å². The first kappa shape index (κ1) is 12.7. The molecule has 1 atom stereocenters. The van der Waals surface area contributed by atoms with Crippen LogP contribution in [0.2, 0.25) is 0 Å². The van der Waals surface area contributed by atoms with Crippen LogP contribution in [-0.4, -0.2) is 24.5 Å². The average Bonchev–Trinajstić information content (AvgIpc) is 2.15. The van der Waals surface area contributed by atoms with Crippen LogP contribution in [0.1, 0.15) is 18.9 Å². The molecule has 0 spiro atoms. The van der Waals surface area contributed by atoms with Gasteiger partial charge >= 0.3 is 0 Å². The zero-order valence-electron chi connectivity index (χ0n) is 9.41. The van der Waals surface area contributed by atoms with Crippen LogP contribution in [0.3, 0.4) is 0 Å². The van der Waals surface area contributed by atoms with E-state index in [0.717, 1.165) is 24.0 Å². The average molecular weight is 271 g/mol. The van der Waals surface area contributed by atoms with Gasteiger partial charge in [-0.2, -0.15) is 0 Å². The van der Waals surface area contributed by atoms with Gasteiger partial charge in [-0.3, -0.25) is 0 Å². The van der Waals surface area contributed by atoms with Crippen molar-refractivity contribution in [1.29, 1.82) is 0 Å². The first-order valence-electron chi connectivity index (χ1n) is 5.26. The van der Waals surface area contributed by atoms with Crippen LogP contribution in [0.25, 0.3) is 0 Å². The second-order valence-electron chi connectivity index (χ2n) is 4.13. The molecule has 0 aliphatic rings. The molecule has 0 heterocycles. The fourth-order valence-corrected chi connectivity index (χ4v) is 1.90. The van der Waals surface area contributed by atoms with E-state index in [0.29, 0.717) is 0 Å². The highest BCUT2D eigenvalue weighted by atomic mass is 79.9. The minimum Gasteiger partial charge on any atom is -0.328 e. The van der Waals surface area contributed by atoms with E-state index in [4.69, 9.17) is 5.73 Å². The first-order chi connectivity index (χ1) is 7.08. The molecule has 0 radical (unpaired) electrons. The molecule has 1 rings (SSSR count). The SMILES string of the molecule is CC(N)CCN(C)Cc1cccc(Br)c1. The van der Waals surface area contributed by atoms with E-state index in [1.165, 1.54) is 5.56 Å². The molecule has 0 saturated heterocycles. The summed E-state index contributed by atoms with van der Waals surface area (Å²) < 4.78 is 1.14. The van der Waals surface area contributed by atoms with E-state index in [9.17, 15) is 0 Å². The Kier molecular flexibility index (Phi) is 5.29. The Hall–Kier alpha value is -0.380. The number of benzene rings is 1. The van der Waals surface area contributed by atoms with Gasteiger partial charge in [0.2, 0.25) is 0 Å². The van der Waals surface area contributed by atoms with Crippen LogP contribution in [0.15, 0.2) is 28.7 Å². The minimum atomic E-state index is 0.287. The van der Waals surface area contributed by atoms with Crippen molar-refractivity contribution < 1.29 is 0 Å². The Morgan fingerprint density at radius 2 is 2.20 bits per heavy atom. The molecule has 0 saturated carbocycles. The van der Waals surface area contributed by atoms with Gasteiger partial charge in [-0.25, -0.2) is 0 Å². The molecule has 2 N–H and O–H groups in total. The lowest BCUT2D eigenvalue weighted by atomic mass is 10.2. The minimum absolute atomic E-state index is 0.287. The number of nitrogens with two attached hydrogens (primary N) is 1. The van der Waals surface area contributed by atoms with E-state index in [1.807, 2.05) is 13.0 Å². The van der Waals surface area contributed by atoms with E-state index in [1.54, 1.807) is 0 Å². The molecule has 3 heteroatoms.